The summed E-state index contributed by atoms with van der Waals surface area (Å²) in [7, 11) is 0. The number of fused-ring (bicyclic) bond motifs is 1. The lowest BCUT2D eigenvalue weighted by molar-refractivity contribution is -0.131. The number of likely N-dealkylation sites (tertiary alicyclic amines) is 1. The molecule has 1 aromatic carbocycles. The number of nitrogen functional groups attached to an aromatic ring is 1. The van der Waals surface area contributed by atoms with Crippen molar-refractivity contribution in [1.82, 2.24) is 24.8 Å². The predicted molar refractivity (Wildman–Crippen MR) is 104 cm³/mol. The summed E-state index contributed by atoms with van der Waals surface area (Å²) in [5.41, 5.74) is 10.1. The van der Waals surface area contributed by atoms with Gasteiger partial charge in [-0.3, -0.25) is 4.79 Å². The van der Waals surface area contributed by atoms with E-state index in [-0.39, 0.29) is 17.8 Å². The molecule has 1 aliphatic rings. The average Bonchev–Trinajstić information content (AvgIpc) is 3.09. The highest BCUT2D eigenvalue weighted by Crippen LogP contribution is 2.27. The zero-order valence-corrected chi connectivity index (χ0v) is 15.7. The SMILES string of the molecule is Cc1nc(N)nc(C)c1CC(=O)N1CCC[C@H](c2nc3ccccc3[nH]2)C1. The minimum atomic E-state index is 0.107. The molecule has 4 rings (SSSR count). The molecule has 0 spiro atoms. The van der Waals surface area contributed by atoms with Crippen molar-refractivity contribution in [1.29, 1.82) is 0 Å². The molecule has 2 aromatic heterocycles. The van der Waals surface area contributed by atoms with Gasteiger partial charge >= 0.3 is 0 Å². The summed E-state index contributed by atoms with van der Waals surface area (Å²) in [6.45, 7) is 5.22. The lowest BCUT2D eigenvalue weighted by atomic mass is 9.96. The Balaban J connectivity index is 1.50. The van der Waals surface area contributed by atoms with Gasteiger partial charge in [0.25, 0.3) is 0 Å². The van der Waals surface area contributed by atoms with Gasteiger partial charge in [-0.1, -0.05) is 12.1 Å². The van der Waals surface area contributed by atoms with E-state index in [0.717, 1.165) is 53.2 Å². The van der Waals surface area contributed by atoms with Crippen LogP contribution in [0.5, 0.6) is 0 Å². The van der Waals surface area contributed by atoms with Crippen LogP contribution >= 0.6 is 0 Å². The maximum Gasteiger partial charge on any atom is 0.227 e. The number of nitrogens with zero attached hydrogens (tertiary/aromatic N) is 4. The fourth-order valence-corrected chi connectivity index (χ4v) is 3.88. The molecular weight excluding hydrogens is 340 g/mol. The van der Waals surface area contributed by atoms with Crippen molar-refractivity contribution < 1.29 is 4.79 Å². The van der Waals surface area contributed by atoms with Gasteiger partial charge in [-0.15, -0.1) is 0 Å². The van der Waals surface area contributed by atoms with Crippen LogP contribution < -0.4 is 5.73 Å². The Bertz CT molecular complexity index is 939. The van der Waals surface area contributed by atoms with Crippen molar-refractivity contribution >= 4 is 22.9 Å². The van der Waals surface area contributed by atoms with Crippen LogP contribution in [-0.4, -0.2) is 43.8 Å². The van der Waals surface area contributed by atoms with Crippen LogP contribution in [0.2, 0.25) is 0 Å². The molecule has 27 heavy (non-hydrogen) atoms. The Hall–Kier alpha value is -2.96. The van der Waals surface area contributed by atoms with Gasteiger partial charge in [0.2, 0.25) is 11.9 Å². The zero-order valence-electron chi connectivity index (χ0n) is 15.7. The van der Waals surface area contributed by atoms with E-state index in [1.54, 1.807) is 0 Å². The first kappa shape index (κ1) is 17.5. The number of hydrogen-bond donors (Lipinski definition) is 2. The normalized spacial score (nSPS) is 17.4. The Morgan fingerprint density at radius 1 is 1.22 bits per heavy atom. The van der Waals surface area contributed by atoms with Crippen LogP contribution in [0.3, 0.4) is 0 Å². The van der Waals surface area contributed by atoms with Crippen molar-refractivity contribution in [2.24, 2.45) is 0 Å². The molecule has 0 radical (unpaired) electrons. The topological polar surface area (TPSA) is 101 Å². The molecule has 1 amide bonds. The van der Waals surface area contributed by atoms with E-state index in [4.69, 9.17) is 10.7 Å². The zero-order chi connectivity index (χ0) is 19.0. The van der Waals surface area contributed by atoms with E-state index in [9.17, 15) is 4.79 Å². The summed E-state index contributed by atoms with van der Waals surface area (Å²) in [4.78, 5) is 31.4. The number of piperidine rings is 1. The van der Waals surface area contributed by atoms with E-state index in [1.165, 1.54) is 0 Å². The molecule has 1 fully saturated rings. The number of hydrogen-bond acceptors (Lipinski definition) is 5. The van der Waals surface area contributed by atoms with Gasteiger partial charge in [0.1, 0.15) is 5.82 Å². The van der Waals surface area contributed by atoms with E-state index in [1.807, 2.05) is 43.0 Å². The maximum absolute atomic E-state index is 12.9. The Kier molecular flexibility index (Phi) is 4.51. The quantitative estimate of drug-likeness (QED) is 0.744. The van der Waals surface area contributed by atoms with Crippen molar-refractivity contribution in [2.45, 2.75) is 39.0 Å². The van der Waals surface area contributed by atoms with Crippen LogP contribution in [0.4, 0.5) is 5.95 Å². The number of imidazole rings is 1. The number of amides is 1. The van der Waals surface area contributed by atoms with Gasteiger partial charge in [0.05, 0.1) is 17.5 Å². The number of benzene rings is 1. The van der Waals surface area contributed by atoms with Crippen LogP contribution in [0, 0.1) is 13.8 Å². The maximum atomic E-state index is 12.9. The van der Waals surface area contributed by atoms with Crippen molar-refractivity contribution in [3.05, 3.63) is 47.0 Å². The number of nitrogens with two attached hydrogens (primary N) is 1. The fraction of sp³-hybridized carbons (Fsp3) is 0.400. The Labute approximate surface area is 158 Å². The fourth-order valence-electron chi connectivity index (χ4n) is 3.88. The molecule has 140 valence electrons. The highest BCUT2D eigenvalue weighted by Gasteiger charge is 2.27. The highest BCUT2D eigenvalue weighted by molar-refractivity contribution is 5.79. The standard InChI is InChI=1S/C20H24N6O/c1-12-15(13(2)23-20(21)22-12)10-18(27)26-9-5-6-14(11-26)19-24-16-7-3-4-8-17(16)25-19/h3-4,7-8,14H,5-6,9-11H2,1-2H3,(H,24,25)(H2,21,22,23)/t14-/m0/s1. The minimum absolute atomic E-state index is 0.107. The molecule has 1 aliphatic heterocycles. The van der Waals surface area contributed by atoms with Crippen molar-refractivity contribution in [2.75, 3.05) is 18.8 Å². The minimum Gasteiger partial charge on any atom is -0.368 e. The lowest BCUT2D eigenvalue weighted by Crippen LogP contribution is -2.40. The third-order valence-corrected chi connectivity index (χ3v) is 5.33. The first-order valence-electron chi connectivity index (χ1n) is 9.33. The van der Waals surface area contributed by atoms with Gasteiger partial charge in [-0.25, -0.2) is 15.0 Å². The molecule has 3 heterocycles. The highest BCUT2D eigenvalue weighted by atomic mass is 16.2. The number of carbonyl (C=O) groups excluding carboxylic acids is 1. The predicted octanol–water partition coefficient (Wildman–Crippen LogP) is 2.50. The van der Waals surface area contributed by atoms with Gasteiger partial charge in [0, 0.05) is 36.0 Å². The molecule has 0 bridgehead atoms. The second-order valence-corrected chi connectivity index (χ2v) is 7.23. The van der Waals surface area contributed by atoms with Crippen LogP contribution in [0.15, 0.2) is 24.3 Å². The number of H-pyrrole nitrogens is 1. The van der Waals surface area contributed by atoms with E-state index in [0.29, 0.717) is 13.0 Å². The first-order chi connectivity index (χ1) is 13.0. The van der Waals surface area contributed by atoms with E-state index >= 15 is 0 Å². The largest absolute Gasteiger partial charge is 0.368 e. The summed E-state index contributed by atoms with van der Waals surface area (Å²) in [6, 6.07) is 8.03. The van der Waals surface area contributed by atoms with Crippen molar-refractivity contribution in [3.8, 4) is 0 Å². The summed E-state index contributed by atoms with van der Waals surface area (Å²) in [6.07, 6.45) is 2.32. The third kappa shape index (κ3) is 3.49. The summed E-state index contributed by atoms with van der Waals surface area (Å²) < 4.78 is 0. The number of aryl methyl sites for hydroxylation is 2. The Morgan fingerprint density at radius 3 is 2.70 bits per heavy atom. The van der Waals surface area contributed by atoms with Crippen LogP contribution in [0.25, 0.3) is 11.0 Å². The van der Waals surface area contributed by atoms with Crippen molar-refractivity contribution in [3.63, 3.8) is 0 Å². The van der Waals surface area contributed by atoms with Gasteiger partial charge in [0.15, 0.2) is 0 Å². The number of anilines is 1. The number of carbonyl (C=O) groups is 1. The van der Waals surface area contributed by atoms with Gasteiger partial charge < -0.3 is 15.6 Å². The molecule has 0 saturated carbocycles. The monoisotopic (exact) mass is 364 g/mol. The smallest absolute Gasteiger partial charge is 0.227 e. The number of aromatic amines is 1. The number of nitrogens with one attached hydrogen (secondary N) is 1. The summed E-state index contributed by atoms with van der Waals surface area (Å²) >= 11 is 0. The molecule has 0 unspecified atom stereocenters. The van der Waals surface area contributed by atoms with Gasteiger partial charge in [-0.05, 0) is 38.8 Å². The molecular formula is C20H24N6O. The molecule has 3 N–H and O–H groups in total. The molecule has 1 saturated heterocycles. The molecule has 3 aromatic rings. The molecule has 1 atom stereocenters. The number of aromatic nitrogens is 4. The Morgan fingerprint density at radius 2 is 1.96 bits per heavy atom. The number of para-hydroxylation sites is 2. The molecule has 0 aliphatic carbocycles. The van der Waals surface area contributed by atoms with Crippen LogP contribution in [0.1, 0.15) is 41.5 Å². The van der Waals surface area contributed by atoms with E-state index < -0.39 is 0 Å². The lowest BCUT2D eigenvalue weighted by Gasteiger charge is -2.32. The van der Waals surface area contributed by atoms with E-state index in [2.05, 4.69) is 15.0 Å². The first-order valence-corrected chi connectivity index (χ1v) is 9.33. The average molecular weight is 364 g/mol. The molecule has 7 heteroatoms. The van der Waals surface area contributed by atoms with Crippen LogP contribution in [-0.2, 0) is 11.2 Å². The molecule has 7 nitrogen and oxygen atoms in total. The second-order valence-electron chi connectivity index (χ2n) is 7.23. The number of rotatable bonds is 3. The summed E-state index contributed by atoms with van der Waals surface area (Å²) in [5.74, 6) is 1.57. The third-order valence-electron chi connectivity index (χ3n) is 5.33. The second kappa shape index (κ2) is 6.98. The summed E-state index contributed by atoms with van der Waals surface area (Å²) in [5, 5.41) is 0. The van der Waals surface area contributed by atoms with Gasteiger partial charge in [-0.2, -0.15) is 0 Å².